The number of hydrogen-bond donors (Lipinski definition) is 2. The molecule has 0 aliphatic carbocycles. The normalized spacial score (nSPS) is 12.4. The Morgan fingerprint density at radius 1 is 1.17 bits per heavy atom. The summed E-state index contributed by atoms with van der Waals surface area (Å²) < 4.78 is 0. The van der Waals surface area contributed by atoms with Gasteiger partial charge in [-0.1, -0.05) is 12.1 Å². The highest BCUT2D eigenvalue weighted by Crippen LogP contribution is 2.23. The molecular weight excluding hydrogens is 224 g/mol. The predicted molar refractivity (Wildman–Crippen MR) is 71.9 cm³/mol. The summed E-state index contributed by atoms with van der Waals surface area (Å²) in [6.07, 6.45) is 3.66. The zero-order valence-corrected chi connectivity index (χ0v) is 10.9. The van der Waals surface area contributed by atoms with E-state index < -0.39 is 0 Å². The molecule has 0 amide bonds. The van der Waals surface area contributed by atoms with E-state index in [1.807, 2.05) is 39.2 Å². The lowest BCUT2D eigenvalue weighted by Crippen LogP contribution is -2.29. The Balaban J connectivity index is 2.45. The van der Waals surface area contributed by atoms with Crippen LogP contribution in [0.25, 0.3) is 0 Å². The standard InChI is InChI=1S/C14H18N4/c1-9-6-12(8-16-7-9)14(18-15)13-5-4-10(2)17-11(13)3/h4-8,14,18H,15H2,1-3H3. The molecule has 2 heterocycles. The number of hydrogen-bond acceptors (Lipinski definition) is 4. The highest BCUT2D eigenvalue weighted by atomic mass is 15.2. The third-order valence-corrected chi connectivity index (χ3v) is 2.97. The molecule has 18 heavy (non-hydrogen) atoms. The topological polar surface area (TPSA) is 63.8 Å². The average Bonchev–Trinajstić information content (AvgIpc) is 2.33. The van der Waals surface area contributed by atoms with Crippen LogP contribution in [0.1, 0.15) is 34.1 Å². The molecule has 0 fully saturated rings. The van der Waals surface area contributed by atoms with Crippen LogP contribution < -0.4 is 11.3 Å². The first-order valence-corrected chi connectivity index (χ1v) is 5.93. The van der Waals surface area contributed by atoms with Gasteiger partial charge in [0.2, 0.25) is 0 Å². The van der Waals surface area contributed by atoms with E-state index in [9.17, 15) is 0 Å². The van der Waals surface area contributed by atoms with Crippen LogP contribution >= 0.6 is 0 Å². The molecule has 2 aromatic heterocycles. The highest BCUT2D eigenvalue weighted by Gasteiger charge is 2.15. The van der Waals surface area contributed by atoms with Crippen molar-refractivity contribution in [2.75, 3.05) is 0 Å². The lowest BCUT2D eigenvalue weighted by molar-refractivity contribution is 0.627. The summed E-state index contributed by atoms with van der Waals surface area (Å²) in [7, 11) is 0. The zero-order valence-electron chi connectivity index (χ0n) is 10.9. The minimum Gasteiger partial charge on any atom is -0.271 e. The Kier molecular flexibility index (Phi) is 3.69. The van der Waals surface area contributed by atoms with Crippen molar-refractivity contribution in [3.05, 3.63) is 58.7 Å². The minimum atomic E-state index is -0.0782. The molecule has 1 unspecified atom stereocenters. The lowest BCUT2D eigenvalue weighted by atomic mass is 9.98. The van der Waals surface area contributed by atoms with Gasteiger partial charge in [-0.3, -0.25) is 15.8 Å². The van der Waals surface area contributed by atoms with Crippen LogP contribution in [-0.2, 0) is 0 Å². The predicted octanol–water partition coefficient (Wildman–Crippen LogP) is 1.95. The van der Waals surface area contributed by atoms with Gasteiger partial charge in [-0.05, 0) is 43.5 Å². The quantitative estimate of drug-likeness (QED) is 0.638. The molecule has 4 heteroatoms. The first kappa shape index (κ1) is 12.7. The molecule has 1 atom stereocenters. The monoisotopic (exact) mass is 242 g/mol. The van der Waals surface area contributed by atoms with Gasteiger partial charge in [0, 0.05) is 23.8 Å². The molecule has 94 valence electrons. The van der Waals surface area contributed by atoms with Crippen LogP contribution in [0.2, 0.25) is 0 Å². The van der Waals surface area contributed by atoms with Gasteiger partial charge in [0.1, 0.15) is 0 Å². The Hall–Kier alpha value is -1.78. The average molecular weight is 242 g/mol. The molecular formula is C14H18N4. The maximum Gasteiger partial charge on any atom is 0.0742 e. The molecule has 0 saturated carbocycles. The number of nitrogens with two attached hydrogens (primary N) is 1. The lowest BCUT2D eigenvalue weighted by Gasteiger charge is -2.18. The number of aryl methyl sites for hydroxylation is 3. The second-order valence-corrected chi connectivity index (χ2v) is 4.52. The fraction of sp³-hybridized carbons (Fsp3) is 0.286. The summed E-state index contributed by atoms with van der Waals surface area (Å²) in [6.45, 7) is 6.00. The first-order chi connectivity index (χ1) is 8.61. The van der Waals surface area contributed by atoms with Crippen LogP contribution in [0, 0.1) is 20.8 Å². The minimum absolute atomic E-state index is 0.0782. The summed E-state index contributed by atoms with van der Waals surface area (Å²) in [5.74, 6) is 5.69. The van der Waals surface area contributed by atoms with Crippen LogP contribution in [-0.4, -0.2) is 9.97 Å². The molecule has 2 rings (SSSR count). The van der Waals surface area contributed by atoms with Crippen molar-refractivity contribution >= 4 is 0 Å². The van der Waals surface area contributed by atoms with Gasteiger partial charge < -0.3 is 0 Å². The fourth-order valence-electron chi connectivity index (χ4n) is 2.10. The molecule has 0 bridgehead atoms. The second kappa shape index (κ2) is 5.25. The highest BCUT2D eigenvalue weighted by molar-refractivity contribution is 5.34. The van der Waals surface area contributed by atoms with Crippen molar-refractivity contribution in [3.8, 4) is 0 Å². The van der Waals surface area contributed by atoms with Crippen molar-refractivity contribution in [2.45, 2.75) is 26.8 Å². The van der Waals surface area contributed by atoms with E-state index in [0.717, 1.165) is 28.1 Å². The molecule has 0 radical (unpaired) electrons. The third kappa shape index (κ3) is 2.55. The summed E-state index contributed by atoms with van der Waals surface area (Å²) >= 11 is 0. The van der Waals surface area contributed by atoms with E-state index >= 15 is 0 Å². The summed E-state index contributed by atoms with van der Waals surface area (Å²) in [5, 5.41) is 0. The Bertz CT molecular complexity index is 551. The molecule has 0 saturated heterocycles. The molecule has 0 aliphatic rings. The van der Waals surface area contributed by atoms with E-state index in [1.54, 1.807) is 0 Å². The van der Waals surface area contributed by atoms with Gasteiger partial charge in [-0.25, -0.2) is 5.43 Å². The summed E-state index contributed by atoms with van der Waals surface area (Å²) in [4.78, 5) is 8.68. The van der Waals surface area contributed by atoms with Crippen molar-refractivity contribution in [2.24, 2.45) is 5.84 Å². The van der Waals surface area contributed by atoms with Gasteiger partial charge in [0.25, 0.3) is 0 Å². The number of aromatic nitrogens is 2. The number of nitrogens with zero attached hydrogens (tertiary/aromatic N) is 2. The number of hydrazine groups is 1. The van der Waals surface area contributed by atoms with Crippen LogP contribution in [0.4, 0.5) is 0 Å². The second-order valence-electron chi connectivity index (χ2n) is 4.52. The molecule has 0 aliphatic heterocycles. The largest absolute Gasteiger partial charge is 0.271 e. The molecule has 0 spiro atoms. The zero-order chi connectivity index (χ0) is 13.1. The van der Waals surface area contributed by atoms with Gasteiger partial charge >= 0.3 is 0 Å². The van der Waals surface area contributed by atoms with Crippen LogP contribution in [0.5, 0.6) is 0 Å². The van der Waals surface area contributed by atoms with Crippen molar-refractivity contribution in [3.63, 3.8) is 0 Å². The maximum absolute atomic E-state index is 5.69. The maximum atomic E-state index is 5.69. The molecule has 3 N–H and O–H groups in total. The first-order valence-electron chi connectivity index (χ1n) is 5.93. The van der Waals surface area contributed by atoms with Gasteiger partial charge in [-0.2, -0.15) is 0 Å². The third-order valence-electron chi connectivity index (χ3n) is 2.97. The SMILES string of the molecule is Cc1cncc(C(NN)c2ccc(C)nc2C)c1. The van der Waals surface area contributed by atoms with Crippen molar-refractivity contribution < 1.29 is 0 Å². The van der Waals surface area contributed by atoms with E-state index in [4.69, 9.17) is 5.84 Å². The smallest absolute Gasteiger partial charge is 0.0742 e. The Labute approximate surface area is 107 Å². The van der Waals surface area contributed by atoms with Gasteiger partial charge in [0.15, 0.2) is 0 Å². The van der Waals surface area contributed by atoms with E-state index in [-0.39, 0.29) is 6.04 Å². The number of pyridine rings is 2. The van der Waals surface area contributed by atoms with Crippen LogP contribution in [0.15, 0.2) is 30.6 Å². The molecule has 2 aromatic rings. The van der Waals surface area contributed by atoms with E-state index in [1.165, 1.54) is 0 Å². The van der Waals surface area contributed by atoms with Crippen molar-refractivity contribution in [1.82, 2.24) is 15.4 Å². The van der Waals surface area contributed by atoms with Crippen molar-refractivity contribution in [1.29, 1.82) is 0 Å². The Morgan fingerprint density at radius 3 is 2.56 bits per heavy atom. The molecule has 4 nitrogen and oxygen atoms in total. The summed E-state index contributed by atoms with van der Waals surface area (Å²) in [5.41, 5.74) is 8.08. The fourth-order valence-corrected chi connectivity index (χ4v) is 2.10. The summed E-state index contributed by atoms with van der Waals surface area (Å²) in [6, 6.07) is 6.06. The number of nitrogens with one attached hydrogen (secondary N) is 1. The van der Waals surface area contributed by atoms with Gasteiger partial charge in [-0.15, -0.1) is 0 Å². The van der Waals surface area contributed by atoms with E-state index in [2.05, 4.69) is 27.5 Å². The van der Waals surface area contributed by atoms with Gasteiger partial charge in [0.05, 0.1) is 6.04 Å². The number of rotatable bonds is 3. The van der Waals surface area contributed by atoms with Crippen LogP contribution in [0.3, 0.4) is 0 Å². The van der Waals surface area contributed by atoms with E-state index in [0.29, 0.717) is 0 Å². The molecule has 0 aromatic carbocycles. The Morgan fingerprint density at radius 2 is 1.94 bits per heavy atom.